The Morgan fingerprint density at radius 1 is 1.29 bits per heavy atom. The molecule has 0 atom stereocenters. The molecule has 14 heavy (non-hydrogen) atoms. The van der Waals surface area contributed by atoms with Crippen molar-refractivity contribution in [2.24, 2.45) is 0 Å². The third-order valence-corrected chi connectivity index (χ3v) is 3.33. The first-order chi connectivity index (χ1) is 6.67. The van der Waals surface area contributed by atoms with Crippen LogP contribution in [0.2, 0.25) is 0 Å². The first kappa shape index (κ1) is 11.9. The molecule has 1 aliphatic heterocycles. The van der Waals surface area contributed by atoms with Crippen LogP contribution in [-0.4, -0.2) is 46.1 Å². The zero-order valence-corrected chi connectivity index (χ0v) is 9.05. The molecular weight excluding hydrogens is 208 g/mol. The number of methoxy groups -OCH3 is 1. The molecular formula is C7H16N2O4S. The van der Waals surface area contributed by atoms with Gasteiger partial charge in [-0.3, -0.25) is 4.84 Å². The van der Waals surface area contributed by atoms with Crippen molar-refractivity contribution in [1.29, 1.82) is 0 Å². The summed E-state index contributed by atoms with van der Waals surface area (Å²) in [6.45, 7) is 1.72. The van der Waals surface area contributed by atoms with Crippen LogP contribution in [0.4, 0.5) is 0 Å². The topological polar surface area (TPSA) is 67.9 Å². The Labute approximate surface area is 84.3 Å². The van der Waals surface area contributed by atoms with Gasteiger partial charge in [0, 0.05) is 20.2 Å². The number of rotatable bonds is 6. The SMILES string of the molecule is COCCONS(=O)(=O)N1CCCC1. The second-order valence-electron chi connectivity index (χ2n) is 3.04. The molecule has 0 radical (unpaired) electrons. The van der Waals surface area contributed by atoms with Gasteiger partial charge in [-0.05, 0) is 12.8 Å². The molecule has 0 aromatic heterocycles. The van der Waals surface area contributed by atoms with E-state index in [1.54, 1.807) is 0 Å². The Bertz CT molecular complexity index is 248. The van der Waals surface area contributed by atoms with E-state index < -0.39 is 10.2 Å². The summed E-state index contributed by atoms with van der Waals surface area (Å²) in [7, 11) is -1.91. The fourth-order valence-corrected chi connectivity index (χ4v) is 2.30. The lowest BCUT2D eigenvalue weighted by Gasteiger charge is -2.15. The van der Waals surface area contributed by atoms with Crippen molar-refractivity contribution < 1.29 is 18.0 Å². The highest BCUT2D eigenvalue weighted by molar-refractivity contribution is 7.87. The molecule has 1 fully saturated rings. The maximum absolute atomic E-state index is 11.4. The van der Waals surface area contributed by atoms with Crippen molar-refractivity contribution in [1.82, 2.24) is 9.19 Å². The van der Waals surface area contributed by atoms with Crippen LogP contribution in [0.15, 0.2) is 0 Å². The van der Waals surface area contributed by atoms with Crippen molar-refractivity contribution in [3.8, 4) is 0 Å². The zero-order valence-electron chi connectivity index (χ0n) is 8.23. The Balaban J connectivity index is 2.26. The molecule has 6 nitrogen and oxygen atoms in total. The van der Waals surface area contributed by atoms with Gasteiger partial charge in [-0.2, -0.15) is 12.7 Å². The van der Waals surface area contributed by atoms with Crippen LogP contribution >= 0.6 is 0 Å². The summed E-state index contributed by atoms with van der Waals surface area (Å²) in [5.74, 6) is 0. The summed E-state index contributed by atoms with van der Waals surface area (Å²) in [4.78, 5) is 6.80. The average molecular weight is 224 g/mol. The minimum Gasteiger partial charge on any atom is -0.382 e. The predicted molar refractivity (Wildman–Crippen MR) is 50.7 cm³/mol. The molecule has 1 rings (SSSR count). The molecule has 0 spiro atoms. The highest BCUT2D eigenvalue weighted by Gasteiger charge is 2.24. The van der Waals surface area contributed by atoms with Gasteiger partial charge in [0.1, 0.15) is 0 Å². The Morgan fingerprint density at radius 2 is 1.93 bits per heavy atom. The molecule has 0 aromatic rings. The van der Waals surface area contributed by atoms with Gasteiger partial charge in [0.05, 0.1) is 13.2 Å². The number of hydrogen-bond acceptors (Lipinski definition) is 4. The van der Waals surface area contributed by atoms with E-state index in [1.165, 1.54) is 11.4 Å². The smallest absolute Gasteiger partial charge is 0.301 e. The van der Waals surface area contributed by atoms with E-state index in [-0.39, 0.29) is 6.61 Å². The minimum absolute atomic E-state index is 0.212. The molecule has 84 valence electrons. The van der Waals surface area contributed by atoms with Crippen molar-refractivity contribution in [2.45, 2.75) is 12.8 Å². The van der Waals surface area contributed by atoms with Crippen LogP contribution in [0.3, 0.4) is 0 Å². The number of nitrogens with zero attached hydrogens (tertiary/aromatic N) is 1. The van der Waals surface area contributed by atoms with E-state index >= 15 is 0 Å². The van der Waals surface area contributed by atoms with Crippen LogP contribution in [0.25, 0.3) is 0 Å². The number of hydrogen-bond donors (Lipinski definition) is 1. The van der Waals surface area contributed by atoms with Crippen molar-refractivity contribution in [3.63, 3.8) is 0 Å². The molecule has 1 saturated heterocycles. The van der Waals surface area contributed by atoms with Gasteiger partial charge in [0.15, 0.2) is 0 Å². The normalized spacial score (nSPS) is 18.9. The maximum atomic E-state index is 11.4. The number of ether oxygens (including phenoxy) is 1. The molecule has 0 saturated carbocycles. The largest absolute Gasteiger partial charge is 0.382 e. The Kier molecular flexibility index (Phi) is 4.76. The van der Waals surface area contributed by atoms with E-state index in [2.05, 4.69) is 4.89 Å². The van der Waals surface area contributed by atoms with Crippen LogP contribution in [-0.2, 0) is 19.8 Å². The third-order valence-electron chi connectivity index (χ3n) is 1.96. The second kappa shape index (κ2) is 5.62. The molecule has 0 amide bonds. The van der Waals surface area contributed by atoms with Crippen LogP contribution in [0.5, 0.6) is 0 Å². The van der Waals surface area contributed by atoms with E-state index in [1.807, 2.05) is 0 Å². The molecule has 0 aliphatic carbocycles. The molecule has 1 aliphatic rings. The summed E-state index contributed by atoms with van der Waals surface area (Å²) in [5.41, 5.74) is 0. The summed E-state index contributed by atoms with van der Waals surface area (Å²) in [5, 5.41) is 0. The monoisotopic (exact) mass is 224 g/mol. The molecule has 1 heterocycles. The summed E-state index contributed by atoms with van der Waals surface area (Å²) in [6.07, 6.45) is 1.83. The summed E-state index contributed by atoms with van der Waals surface area (Å²) >= 11 is 0. The second-order valence-corrected chi connectivity index (χ2v) is 4.67. The van der Waals surface area contributed by atoms with Gasteiger partial charge in [-0.1, -0.05) is 4.89 Å². The summed E-state index contributed by atoms with van der Waals surface area (Å²) < 4.78 is 29.0. The Morgan fingerprint density at radius 3 is 2.50 bits per heavy atom. The van der Waals surface area contributed by atoms with Crippen molar-refractivity contribution >= 4 is 10.2 Å². The molecule has 0 bridgehead atoms. The van der Waals surface area contributed by atoms with E-state index in [0.29, 0.717) is 19.7 Å². The lowest BCUT2D eigenvalue weighted by molar-refractivity contribution is 0.0413. The quantitative estimate of drug-likeness (QED) is 0.487. The highest BCUT2D eigenvalue weighted by Crippen LogP contribution is 2.10. The molecule has 0 aromatic carbocycles. The van der Waals surface area contributed by atoms with Gasteiger partial charge < -0.3 is 4.74 Å². The van der Waals surface area contributed by atoms with Gasteiger partial charge in [-0.25, -0.2) is 0 Å². The van der Waals surface area contributed by atoms with Crippen LogP contribution < -0.4 is 4.89 Å². The lowest BCUT2D eigenvalue weighted by Crippen LogP contribution is -2.39. The molecule has 1 N–H and O–H groups in total. The fourth-order valence-electron chi connectivity index (χ4n) is 1.22. The molecule has 7 heteroatoms. The van der Waals surface area contributed by atoms with Crippen LogP contribution in [0.1, 0.15) is 12.8 Å². The first-order valence-electron chi connectivity index (χ1n) is 4.54. The minimum atomic E-state index is -3.43. The molecule has 0 unspecified atom stereocenters. The van der Waals surface area contributed by atoms with Crippen LogP contribution in [0, 0.1) is 0 Å². The van der Waals surface area contributed by atoms with Gasteiger partial charge in [0.25, 0.3) is 0 Å². The average Bonchev–Trinajstić information content (AvgIpc) is 2.65. The first-order valence-corrected chi connectivity index (χ1v) is 5.98. The predicted octanol–water partition coefficient (Wildman–Crippen LogP) is -0.505. The third kappa shape index (κ3) is 3.50. The van der Waals surface area contributed by atoms with E-state index in [4.69, 9.17) is 9.57 Å². The van der Waals surface area contributed by atoms with Crippen molar-refractivity contribution in [2.75, 3.05) is 33.4 Å². The summed E-state index contributed by atoms with van der Waals surface area (Å²) in [6, 6.07) is 0. The highest BCUT2D eigenvalue weighted by atomic mass is 32.2. The van der Waals surface area contributed by atoms with Gasteiger partial charge in [-0.15, -0.1) is 0 Å². The van der Waals surface area contributed by atoms with E-state index in [0.717, 1.165) is 12.8 Å². The van der Waals surface area contributed by atoms with E-state index in [9.17, 15) is 8.42 Å². The lowest BCUT2D eigenvalue weighted by atomic mass is 10.4. The number of nitrogens with one attached hydrogen (secondary N) is 1. The fraction of sp³-hybridized carbons (Fsp3) is 1.00. The maximum Gasteiger partial charge on any atom is 0.301 e. The Hall–Kier alpha value is -0.210. The zero-order chi connectivity index (χ0) is 10.4. The van der Waals surface area contributed by atoms with Gasteiger partial charge in [0.2, 0.25) is 0 Å². The van der Waals surface area contributed by atoms with Crippen molar-refractivity contribution in [3.05, 3.63) is 0 Å². The van der Waals surface area contributed by atoms with Gasteiger partial charge >= 0.3 is 10.2 Å². The standard InChI is InChI=1S/C7H16N2O4S/c1-12-6-7-13-8-14(10,11)9-4-2-3-5-9/h8H,2-7H2,1H3.